The van der Waals surface area contributed by atoms with E-state index in [-0.39, 0.29) is 0 Å². The van der Waals surface area contributed by atoms with Crippen LogP contribution in [0.5, 0.6) is 5.75 Å². The van der Waals surface area contributed by atoms with Crippen LogP contribution in [-0.2, 0) is 0 Å². The van der Waals surface area contributed by atoms with Crippen molar-refractivity contribution in [3.63, 3.8) is 0 Å². The lowest BCUT2D eigenvalue weighted by molar-refractivity contribution is 0.0442. The van der Waals surface area contributed by atoms with Gasteiger partial charge in [0.1, 0.15) is 12.0 Å². The minimum absolute atomic E-state index is 0.346. The Kier molecular flexibility index (Phi) is 7.72. The van der Waals surface area contributed by atoms with E-state index in [4.69, 9.17) is 4.74 Å². The third-order valence-electron chi connectivity index (χ3n) is 6.31. The van der Waals surface area contributed by atoms with E-state index < -0.39 is 6.23 Å². The van der Waals surface area contributed by atoms with E-state index in [9.17, 15) is 10.4 Å². The monoisotopic (exact) mass is 421 g/mol. The molecule has 2 aromatic rings. The van der Waals surface area contributed by atoms with Crippen molar-refractivity contribution in [2.45, 2.75) is 46.9 Å². The van der Waals surface area contributed by atoms with E-state index in [0.717, 1.165) is 32.0 Å². The third-order valence-corrected chi connectivity index (χ3v) is 6.31. The van der Waals surface area contributed by atoms with Crippen molar-refractivity contribution in [1.29, 1.82) is 5.26 Å². The van der Waals surface area contributed by atoms with Crippen LogP contribution in [0.15, 0.2) is 36.4 Å². The van der Waals surface area contributed by atoms with Gasteiger partial charge in [-0.2, -0.15) is 5.26 Å². The number of rotatable bonds is 9. The van der Waals surface area contributed by atoms with Gasteiger partial charge in [0.15, 0.2) is 0 Å². The van der Waals surface area contributed by atoms with E-state index in [0.29, 0.717) is 29.0 Å². The average Bonchev–Trinajstić information content (AvgIpc) is 2.73. The topological polar surface area (TPSA) is 68.5 Å². The van der Waals surface area contributed by atoms with Crippen molar-refractivity contribution in [2.24, 2.45) is 11.8 Å². The highest BCUT2D eigenvalue weighted by atomic mass is 16.5. The van der Waals surface area contributed by atoms with Crippen molar-refractivity contribution in [2.75, 3.05) is 26.2 Å². The summed E-state index contributed by atoms with van der Waals surface area (Å²) in [4.78, 5) is 2.47. The zero-order valence-electron chi connectivity index (χ0n) is 19.4. The molecule has 0 aliphatic carbocycles. The molecule has 0 amide bonds. The molecule has 1 fully saturated rings. The van der Waals surface area contributed by atoms with E-state index in [2.05, 4.69) is 63.0 Å². The number of hydrogen-bond donors (Lipinski definition) is 2. The fourth-order valence-electron chi connectivity index (χ4n) is 4.16. The number of ether oxygens (including phenoxy) is 1. The highest BCUT2D eigenvalue weighted by molar-refractivity contribution is 5.45. The third kappa shape index (κ3) is 5.46. The van der Waals surface area contributed by atoms with E-state index in [1.54, 1.807) is 12.1 Å². The molecule has 0 radical (unpaired) electrons. The Morgan fingerprint density at radius 2 is 1.81 bits per heavy atom. The minimum atomic E-state index is -0.814. The molecule has 2 aromatic carbocycles. The molecular formula is C26H35N3O2. The van der Waals surface area contributed by atoms with Crippen molar-refractivity contribution in [3.8, 4) is 11.8 Å². The largest absolute Gasteiger partial charge is 0.493 e. The molecule has 2 unspecified atom stereocenters. The maximum atomic E-state index is 10.4. The molecule has 0 bridgehead atoms. The molecule has 31 heavy (non-hydrogen) atoms. The maximum Gasteiger partial charge on any atom is 0.132 e. The normalized spacial score (nSPS) is 16.6. The lowest BCUT2D eigenvalue weighted by Gasteiger charge is -2.44. The number of nitriles is 1. The van der Waals surface area contributed by atoms with Gasteiger partial charge >= 0.3 is 0 Å². The summed E-state index contributed by atoms with van der Waals surface area (Å²) in [5, 5.41) is 22.8. The number of nitrogens with one attached hydrogen (secondary N) is 1. The summed E-state index contributed by atoms with van der Waals surface area (Å²) in [7, 11) is 0. The van der Waals surface area contributed by atoms with Crippen molar-refractivity contribution < 1.29 is 9.84 Å². The molecule has 2 atom stereocenters. The fraction of sp³-hybridized carbons (Fsp3) is 0.500. The van der Waals surface area contributed by atoms with Crippen LogP contribution < -0.4 is 10.1 Å². The molecule has 3 rings (SSSR count). The van der Waals surface area contributed by atoms with Crippen LogP contribution >= 0.6 is 0 Å². The molecule has 2 N–H and O–H groups in total. The van der Waals surface area contributed by atoms with Gasteiger partial charge in [-0.3, -0.25) is 10.2 Å². The number of benzene rings is 2. The molecule has 1 aliphatic rings. The Bertz CT molecular complexity index is 929. The van der Waals surface area contributed by atoms with Gasteiger partial charge in [-0.1, -0.05) is 38.1 Å². The first kappa shape index (κ1) is 23.3. The molecular weight excluding hydrogens is 386 g/mol. The highest BCUT2D eigenvalue weighted by Crippen LogP contribution is 2.34. The van der Waals surface area contributed by atoms with Crippen LogP contribution in [0.3, 0.4) is 0 Å². The first-order valence-electron chi connectivity index (χ1n) is 11.2. The lowest BCUT2D eigenvalue weighted by Crippen LogP contribution is -2.51. The predicted molar refractivity (Wildman–Crippen MR) is 124 cm³/mol. The van der Waals surface area contributed by atoms with Crippen molar-refractivity contribution in [3.05, 3.63) is 64.2 Å². The quantitative estimate of drug-likeness (QED) is 0.584. The molecule has 0 aromatic heterocycles. The summed E-state index contributed by atoms with van der Waals surface area (Å²) in [5.41, 5.74) is 5.03. The Hall–Kier alpha value is -2.39. The first-order valence-corrected chi connectivity index (χ1v) is 11.2. The summed E-state index contributed by atoms with van der Waals surface area (Å²) >= 11 is 0. The van der Waals surface area contributed by atoms with Crippen LogP contribution in [-0.4, -0.2) is 36.2 Å². The molecule has 1 heterocycles. The summed E-state index contributed by atoms with van der Waals surface area (Å²) < 4.78 is 5.97. The number of nitrogens with zero attached hydrogens (tertiary/aromatic N) is 2. The predicted octanol–water partition coefficient (Wildman–Crippen LogP) is 4.48. The number of aliphatic hydroxyl groups is 1. The van der Waals surface area contributed by atoms with Crippen LogP contribution in [0.2, 0.25) is 0 Å². The molecule has 0 spiro atoms. The van der Waals surface area contributed by atoms with Gasteiger partial charge in [-0.05, 0) is 61.4 Å². The average molecular weight is 422 g/mol. The molecule has 5 heteroatoms. The smallest absolute Gasteiger partial charge is 0.132 e. The second-order valence-corrected chi connectivity index (χ2v) is 9.11. The summed E-state index contributed by atoms with van der Waals surface area (Å²) in [5.74, 6) is 1.98. The van der Waals surface area contributed by atoms with E-state index in [1.165, 1.54) is 16.7 Å². The number of hydrogen-bond acceptors (Lipinski definition) is 5. The molecule has 1 saturated heterocycles. The van der Waals surface area contributed by atoms with Crippen LogP contribution in [0, 0.1) is 37.0 Å². The van der Waals surface area contributed by atoms with E-state index >= 15 is 0 Å². The SMILES string of the molecule is Cc1c(OCC(C)C)ccc(C(C)N2CC(CNC(O)c3ccccc3C#N)C2)c1C. The van der Waals surface area contributed by atoms with Gasteiger partial charge in [0.2, 0.25) is 0 Å². The Balaban J connectivity index is 1.53. The summed E-state index contributed by atoms with van der Waals surface area (Å²) in [6.07, 6.45) is -0.814. The van der Waals surface area contributed by atoms with Crippen molar-refractivity contribution in [1.82, 2.24) is 10.2 Å². The highest BCUT2D eigenvalue weighted by Gasteiger charge is 2.32. The summed E-state index contributed by atoms with van der Waals surface area (Å²) in [6, 6.07) is 14.0. The van der Waals surface area contributed by atoms with Crippen LogP contribution in [0.25, 0.3) is 0 Å². The van der Waals surface area contributed by atoms with Gasteiger partial charge in [-0.25, -0.2) is 0 Å². The second kappa shape index (κ2) is 10.3. The minimum Gasteiger partial charge on any atom is -0.493 e. The first-order chi connectivity index (χ1) is 14.8. The summed E-state index contributed by atoms with van der Waals surface area (Å²) in [6.45, 7) is 14.4. The van der Waals surface area contributed by atoms with Crippen molar-refractivity contribution >= 4 is 0 Å². The Morgan fingerprint density at radius 3 is 2.48 bits per heavy atom. The zero-order valence-corrected chi connectivity index (χ0v) is 19.4. The number of aliphatic hydroxyl groups excluding tert-OH is 1. The molecule has 0 saturated carbocycles. The van der Waals surface area contributed by atoms with E-state index in [1.807, 2.05) is 12.1 Å². The van der Waals surface area contributed by atoms with Crippen LogP contribution in [0.1, 0.15) is 60.9 Å². The molecule has 5 nitrogen and oxygen atoms in total. The van der Waals surface area contributed by atoms with Gasteiger partial charge in [0.25, 0.3) is 0 Å². The van der Waals surface area contributed by atoms with Crippen LogP contribution in [0.4, 0.5) is 0 Å². The number of likely N-dealkylation sites (tertiary alicyclic amines) is 1. The lowest BCUT2D eigenvalue weighted by atomic mass is 9.91. The fourth-order valence-corrected chi connectivity index (χ4v) is 4.16. The van der Waals surface area contributed by atoms with Gasteiger partial charge < -0.3 is 9.84 Å². The van der Waals surface area contributed by atoms with Gasteiger partial charge in [0.05, 0.1) is 18.2 Å². The Morgan fingerprint density at radius 1 is 1.10 bits per heavy atom. The Labute approximate surface area is 186 Å². The standard InChI is InChI=1S/C26H35N3O2/c1-17(2)16-31-25-11-10-23(18(3)19(25)4)20(5)29-14-21(15-29)13-28-26(30)24-9-7-6-8-22(24)12-27/h6-11,17,20-21,26,28,30H,13-16H2,1-5H3. The second-order valence-electron chi connectivity index (χ2n) is 9.11. The van der Waals surface area contributed by atoms with Gasteiger partial charge in [-0.15, -0.1) is 0 Å². The molecule has 1 aliphatic heterocycles. The molecule has 166 valence electrons. The van der Waals surface area contributed by atoms with Gasteiger partial charge in [0, 0.05) is 31.2 Å². The zero-order chi connectivity index (χ0) is 22.5. The maximum absolute atomic E-state index is 10.4.